The van der Waals surface area contributed by atoms with Gasteiger partial charge in [-0.15, -0.1) is 0 Å². The monoisotopic (exact) mass is 308 g/mol. The van der Waals surface area contributed by atoms with Crippen molar-refractivity contribution < 1.29 is 0 Å². The summed E-state index contributed by atoms with van der Waals surface area (Å²) >= 11 is 3.56. The zero-order valence-corrected chi connectivity index (χ0v) is 12.5. The summed E-state index contributed by atoms with van der Waals surface area (Å²) in [6.45, 7) is 5.72. The fraction of sp³-hybridized carbons (Fsp3) is 0.600. The summed E-state index contributed by atoms with van der Waals surface area (Å²) in [6.07, 6.45) is 2.85. The van der Waals surface area contributed by atoms with Crippen LogP contribution in [-0.2, 0) is 6.54 Å². The first-order valence-corrected chi connectivity index (χ1v) is 7.73. The molecule has 1 N–H and O–H groups in total. The van der Waals surface area contributed by atoms with Crippen molar-refractivity contribution in [3.8, 4) is 0 Å². The van der Waals surface area contributed by atoms with Crippen LogP contribution in [0.15, 0.2) is 28.7 Å². The molecule has 1 aliphatic carbocycles. The Balaban J connectivity index is 1.71. The molecule has 2 atom stereocenters. The lowest BCUT2D eigenvalue weighted by atomic mass is 10.0. The zero-order valence-electron chi connectivity index (χ0n) is 10.9. The SMILES string of the molecule is CC1CN(Cc2cccc(Br)c2)C(C2CC2)CN1. The minimum absolute atomic E-state index is 0.618. The molecule has 3 rings (SSSR count). The Hall–Kier alpha value is -0.380. The smallest absolute Gasteiger partial charge is 0.0253 e. The Kier molecular flexibility index (Phi) is 3.73. The number of benzene rings is 1. The molecule has 3 heteroatoms. The third-order valence-electron chi connectivity index (χ3n) is 4.09. The average molecular weight is 309 g/mol. The van der Waals surface area contributed by atoms with Gasteiger partial charge in [-0.25, -0.2) is 0 Å². The molecule has 0 amide bonds. The highest BCUT2D eigenvalue weighted by Crippen LogP contribution is 2.36. The Morgan fingerprint density at radius 2 is 2.22 bits per heavy atom. The lowest BCUT2D eigenvalue weighted by Gasteiger charge is -2.39. The number of rotatable bonds is 3. The second-order valence-corrected chi connectivity index (χ2v) is 6.69. The van der Waals surface area contributed by atoms with Crippen molar-refractivity contribution in [1.82, 2.24) is 10.2 Å². The van der Waals surface area contributed by atoms with Crippen LogP contribution in [0.3, 0.4) is 0 Å². The molecular formula is C15H21BrN2. The molecule has 18 heavy (non-hydrogen) atoms. The molecule has 2 fully saturated rings. The summed E-state index contributed by atoms with van der Waals surface area (Å²) in [5.41, 5.74) is 1.42. The predicted molar refractivity (Wildman–Crippen MR) is 78.5 cm³/mol. The van der Waals surface area contributed by atoms with E-state index in [-0.39, 0.29) is 0 Å². The molecule has 0 bridgehead atoms. The third kappa shape index (κ3) is 2.95. The van der Waals surface area contributed by atoms with E-state index in [9.17, 15) is 0 Å². The van der Waals surface area contributed by atoms with Crippen molar-refractivity contribution in [2.45, 2.75) is 38.4 Å². The van der Waals surface area contributed by atoms with Gasteiger partial charge in [0.1, 0.15) is 0 Å². The summed E-state index contributed by atoms with van der Waals surface area (Å²) in [5.74, 6) is 0.942. The molecule has 1 aromatic carbocycles. The number of halogens is 1. The number of piperazine rings is 1. The van der Waals surface area contributed by atoms with E-state index in [1.807, 2.05) is 0 Å². The minimum Gasteiger partial charge on any atom is -0.311 e. The van der Waals surface area contributed by atoms with Crippen molar-refractivity contribution in [2.75, 3.05) is 13.1 Å². The van der Waals surface area contributed by atoms with Gasteiger partial charge >= 0.3 is 0 Å². The molecule has 1 aromatic rings. The molecule has 2 aliphatic rings. The van der Waals surface area contributed by atoms with E-state index >= 15 is 0 Å². The Morgan fingerprint density at radius 3 is 2.94 bits per heavy atom. The predicted octanol–water partition coefficient (Wildman–Crippen LogP) is 3.02. The van der Waals surface area contributed by atoms with Gasteiger partial charge in [0, 0.05) is 36.2 Å². The van der Waals surface area contributed by atoms with E-state index in [1.54, 1.807) is 0 Å². The standard InChI is InChI=1S/C15H21BrN2/c1-11-9-18(15(8-17-11)13-5-6-13)10-12-3-2-4-14(16)7-12/h2-4,7,11,13,15,17H,5-6,8-10H2,1H3. The maximum absolute atomic E-state index is 3.63. The molecule has 1 aliphatic heterocycles. The van der Waals surface area contributed by atoms with Crippen molar-refractivity contribution in [3.05, 3.63) is 34.3 Å². The maximum atomic E-state index is 3.63. The van der Waals surface area contributed by atoms with Crippen LogP contribution in [0.5, 0.6) is 0 Å². The highest BCUT2D eigenvalue weighted by Gasteiger charge is 2.37. The van der Waals surface area contributed by atoms with Crippen LogP contribution < -0.4 is 5.32 Å². The molecule has 98 valence electrons. The third-order valence-corrected chi connectivity index (χ3v) is 4.59. The summed E-state index contributed by atoms with van der Waals surface area (Å²) in [7, 11) is 0. The maximum Gasteiger partial charge on any atom is 0.0253 e. The normalized spacial score (nSPS) is 29.4. The molecule has 2 unspecified atom stereocenters. The molecule has 2 nitrogen and oxygen atoms in total. The van der Waals surface area contributed by atoms with Crippen molar-refractivity contribution in [1.29, 1.82) is 0 Å². The first kappa shape index (κ1) is 12.6. The summed E-state index contributed by atoms with van der Waals surface area (Å²) in [4.78, 5) is 2.68. The van der Waals surface area contributed by atoms with Crippen molar-refractivity contribution >= 4 is 15.9 Å². The quantitative estimate of drug-likeness (QED) is 0.923. The topological polar surface area (TPSA) is 15.3 Å². The summed E-state index contributed by atoms with van der Waals surface area (Å²) < 4.78 is 1.19. The van der Waals surface area contributed by atoms with E-state index in [0.717, 1.165) is 18.5 Å². The molecule has 1 heterocycles. The van der Waals surface area contributed by atoms with E-state index in [2.05, 4.69) is 57.3 Å². The molecule has 1 saturated carbocycles. The van der Waals surface area contributed by atoms with Gasteiger partial charge in [0.2, 0.25) is 0 Å². The molecule has 1 saturated heterocycles. The molecule has 0 radical (unpaired) electrons. The Labute approximate surface area is 118 Å². The van der Waals surface area contributed by atoms with Gasteiger partial charge in [-0.3, -0.25) is 4.90 Å². The van der Waals surface area contributed by atoms with Crippen LogP contribution >= 0.6 is 15.9 Å². The first-order chi connectivity index (χ1) is 8.72. The molecule has 0 spiro atoms. The van der Waals surface area contributed by atoms with Crippen LogP contribution in [0.1, 0.15) is 25.3 Å². The van der Waals surface area contributed by atoms with Gasteiger partial charge in [0.25, 0.3) is 0 Å². The van der Waals surface area contributed by atoms with Crippen molar-refractivity contribution in [2.24, 2.45) is 5.92 Å². The van der Waals surface area contributed by atoms with Gasteiger partial charge in [-0.2, -0.15) is 0 Å². The summed E-state index contributed by atoms with van der Waals surface area (Å²) in [6, 6.07) is 10.1. The van der Waals surface area contributed by atoms with Crippen LogP contribution in [-0.4, -0.2) is 30.1 Å². The fourth-order valence-electron chi connectivity index (χ4n) is 3.00. The fourth-order valence-corrected chi connectivity index (χ4v) is 3.45. The minimum atomic E-state index is 0.618. The van der Waals surface area contributed by atoms with Gasteiger partial charge in [0.15, 0.2) is 0 Å². The number of hydrogen-bond donors (Lipinski definition) is 1. The Morgan fingerprint density at radius 1 is 1.39 bits per heavy atom. The van der Waals surface area contributed by atoms with Gasteiger partial charge in [0.05, 0.1) is 0 Å². The largest absolute Gasteiger partial charge is 0.311 e. The van der Waals surface area contributed by atoms with Crippen LogP contribution in [0, 0.1) is 5.92 Å². The molecular weight excluding hydrogens is 288 g/mol. The number of hydrogen-bond acceptors (Lipinski definition) is 2. The van der Waals surface area contributed by atoms with Crippen molar-refractivity contribution in [3.63, 3.8) is 0 Å². The van der Waals surface area contributed by atoms with Crippen LogP contribution in [0.25, 0.3) is 0 Å². The highest BCUT2D eigenvalue weighted by atomic mass is 79.9. The Bertz CT molecular complexity index is 417. The van der Waals surface area contributed by atoms with Gasteiger partial charge in [-0.05, 0) is 43.4 Å². The zero-order chi connectivity index (χ0) is 12.5. The van der Waals surface area contributed by atoms with E-state index in [1.165, 1.54) is 36.0 Å². The van der Waals surface area contributed by atoms with Gasteiger partial charge in [-0.1, -0.05) is 28.1 Å². The average Bonchev–Trinajstić information content (AvgIpc) is 3.13. The van der Waals surface area contributed by atoms with E-state index in [4.69, 9.17) is 0 Å². The van der Waals surface area contributed by atoms with Crippen LogP contribution in [0.2, 0.25) is 0 Å². The van der Waals surface area contributed by atoms with E-state index in [0.29, 0.717) is 6.04 Å². The van der Waals surface area contributed by atoms with E-state index < -0.39 is 0 Å². The summed E-state index contributed by atoms with van der Waals surface area (Å²) in [5, 5.41) is 3.63. The van der Waals surface area contributed by atoms with Gasteiger partial charge < -0.3 is 5.32 Å². The lowest BCUT2D eigenvalue weighted by molar-refractivity contribution is 0.112. The molecule has 0 aromatic heterocycles. The second kappa shape index (κ2) is 5.32. The number of nitrogens with zero attached hydrogens (tertiary/aromatic N) is 1. The van der Waals surface area contributed by atoms with Crippen LogP contribution in [0.4, 0.5) is 0 Å². The highest BCUT2D eigenvalue weighted by molar-refractivity contribution is 9.10. The number of nitrogens with one attached hydrogen (secondary N) is 1. The first-order valence-electron chi connectivity index (χ1n) is 6.94. The lowest BCUT2D eigenvalue weighted by Crippen LogP contribution is -2.55. The second-order valence-electron chi connectivity index (χ2n) is 5.77.